The van der Waals surface area contributed by atoms with Gasteiger partial charge in [-0.25, -0.2) is 20.8 Å². The van der Waals surface area contributed by atoms with Crippen LogP contribution in [-0.4, -0.2) is 103 Å². The summed E-state index contributed by atoms with van der Waals surface area (Å²) in [6.07, 6.45) is 15.3. The Balaban J connectivity index is 0.000000168. The van der Waals surface area contributed by atoms with Crippen LogP contribution in [0.5, 0.6) is 0 Å². The molecule has 4 aliphatic rings. The highest BCUT2D eigenvalue weighted by molar-refractivity contribution is 7.80. The van der Waals surface area contributed by atoms with Crippen LogP contribution in [0.15, 0.2) is 103 Å². The maximum absolute atomic E-state index is 12.6. The molecule has 22 heteroatoms. The lowest BCUT2D eigenvalue weighted by atomic mass is 9.93. The van der Waals surface area contributed by atoms with Crippen LogP contribution in [0.25, 0.3) is 0 Å². The third-order valence-corrected chi connectivity index (χ3v) is 14.7. The molecule has 8 N–H and O–H groups in total. The highest BCUT2D eigenvalue weighted by Gasteiger charge is 2.32. The van der Waals surface area contributed by atoms with Gasteiger partial charge in [-0.2, -0.15) is 0 Å². The van der Waals surface area contributed by atoms with Crippen molar-refractivity contribution < 1.29 is 19.2 Å². The van der Waals surface area contributed by atoms with Gasteiger partial charge >= 0.3 is 0 Å². The van der Waals surface area contributed by atoms with Crippen LogP contribution in [0.4, 0.5) is 11.6 Å². The SMILES string of the molecule is CN1CCC(NC(=O)c2cnc(NN)c(Cl)c2)C1=O.Cc1cccc2c1CCc1ccncc1C2N=C=S.Cc1cccc2c1CCc1ccncc1C2NC(=S)NNc1ncc(C(=O)NC2CCN(C)C2=O)cc1Cl. The fourth-order valence-electron chi connectivity index (χ4n) is 9.70. The summed E-state index contributed by atoms with van der Waals surface area (Å²) in [7, 11) is 3.42. The number of thiocarbonyl (C=S) groups is 2. The molecule has 4 unspecified atom stereocenters. The summed E-state index contributed by atoms with van der Waals surface area (Å²) in [6.45, 7) is 5.54. The number of fused-ring (bicyclic) bond motifs is 4. The molecule has 4 aromatic heterocycles. The van der Waals surface area contributed by atoms with Gasteiger partial charge in [-0.15, -0.1) is 0 Å². The highest BCUT2D eigenvalue weighted by Crippen LogP contribution is 2.36. The molecule has 2 aliphatic carbocycles. The number of pyridine rings is 4. The second kappa shape index (κ2) is 24.9. The first-order valence-corrected chi connectivity index (χ1v) is 26.0. The van der Waals surface area contributed by atoms with Gasteiger partial charge in [-0.1, -0.05) is 59.6 Å². The number of hydrogen-bond donors (Lipinski definition) is 7. The van der Waals surface area contributed by atoms with E-state index in [0.29, 0.717) is 36.9 Å². The van der Waals surface area contributed by atoms with Crippen LogP contribution in [0, 0.1) is 13.8 Å². The molecule has 0 spiro atoms. The Morgan fingerprint density at radius 2 is 1.21 bits per heavy atom. The third kappa shape index (κ3) is 12.6. The number of halogens is 2. The number of nitrogen functional groups attached to an aromatic ring is 1. The van der Waals surface area contributed by atoms with E-state index in [-0.39, 0.29) is 56.8 Å². The number of aliphatic imine (C=N–C) groups is 1. The number of rotatable bonds is 9. The Kier molecular flexibility index (Phi) is 18.0. The van der Waals surface area contributed by atoms with Crippen molar-refractivity contribution in [3.05, 3.63) is 175 Å². The number of aromatic nitrogens is 4. The molecule has 0 bridgehead atoms. The van der Waals surface area contributed by atoms with E-state index in [9.17, 15) is 19.2 Å². The molecule has 392 valence electrons. The number of nitrogens with one attached hydrogen (secondary N) is 6. The van der Waals surface area contributed by atoms with Gasteiger partial charge in [-0.3, -0.25) is 40.0 Å². The van der Waals surface area contributed by atoms with E-state index < -0.39 is 18.0 Å². The summed E-state index contributed by atoms with van der Waals surface area (Å²) in [5.41, 5.74) is 21.2. The summed E-state index contributed by atoms with van der Waals surface area (Å²) in [5.74, 6) is 4.81. The number of carbonyl (C=O) groups excluding carboxylic acids is 4. The minimum Gasteiger partial charge on any atom is -0.350 e. The predicted octanol–water partition coefficient (Wildman–Crippen LogP) is 6.74. The summed E-state index contributed by atoms with van der Waals surface area (Å²) in [6, 6.07) is 18.5. The Labute approximate surface area is 461 Å². The fourth-order valence-corrected chi connectivity index (χ4v) is 10.4. The molecule has 18 nitrogen and oxygen atoms in total. The van der Waals surface area contributed by atoms with Crippen LogP contribution in [0.1, 0.15) is 101 Å². The number of benzene rings is 2. The number of amides is 4. The zero-order valence-electron chi connectivity index (χ0n) is 42.1. The monoisotopic (exact) mass is 1100 g/mol. The number of nitrogens with two attached hydrogens (primary N) is 1. The molecular weight excluding hydrogens is 1040 g/mol. The van der Waals surface area contributed by atoms with Crippen molar-refractivity contribution in [2.75, 3.05) is 38.0 Å². The van der Waals surface area contributed by atoms with Gasteiger partial charge < -0.3 is 31.2 Å². The van der Waals surface area contributed by atoms with E-state index in [4.69, 9.17) is 53.5 Å². The Hall–Kier alpha value is -7.45. The molecular formula is C54H56Cl2N14O4S2. The number of isothiocyanates is 1. The van der Waals surface area contributed by atoms with Crippen molar-refractivity contribution in [1.82, 2.24) is 51.1 Å². The van der Waals surface area contributed by atoms with Gasteiger partial charge in [0.05, 0.1) is 32.4 Å². The first-order chi connectivity index (χ1) is 36.6. The second-order valence-electron chi connectivity index (χ2n) is 18.6. The smallest absolute Gasteiger partial charge is 0.253 e. The predicted molar refractivity (Wildman–Crippen MR) is 300 cm³/mol. The first-order valence-electron chi connectivity index (χ1n) is 24.5. The Morgan fingerprint density at radius 3 is 1.72 bits per heavy atom. The standard InChI is InChI=1S/C27H28ClN7O2S.C16H14N2S.C11H14ClN5O2/c1-15-4-3-5-19-18(15)7-6-16-8-10-29-14-20(16)23(19)32-27(38)34-33-24-21(28)12-17(13-30-24)25(36)31-22-9-11-35(2)26(22)37;1-11-3-2-4-14-13(11)6-5-12-7-8-17-9-15(12)16(14)18-10-19;1-17-3-2-8(11(17)19)15-10(18)6-4-7(12)9(16-13)14-5-6/h3-5,8,10,12-14,22-23H,6-7,9,11H2,1-2H3,(H,30,33)(H,31,36)(H2,32,34,38);2-4,7-9,16H,5-6H2,1H3;4-5,8H,2-3,13H2,1H3,(H,14,16)(H,15,18). The van der Waals surface area contributed by atoms with Crippen LogP contribution in [-0.2, 0) is 35.3 Å². The summed E-state index contributed by atoms with van der Waals surface area (Å²) < 4.78 is 0. The molecule has 6 aromatic rings. The van der Waals surface area contributed by atoms with Gasteiger partial charge in [0.1, 0.15) is 18.1 Å². The maximum Gasteiger partial charge on any atom is 0.253 e. The van der Waals surface area contributed by atoms with E-state index >= 15 is 0 Å². The minimum absolute atomic E-state index is 0.0569. The van der Waals surface area contributed by atoms with Gasteiger partial charge in [0.15, 0.2) is 16.7 Å². The average molecular weight is 1100 g/mol. The summed E-state index contributed by atoms with van der Waals surface area (Å²) >= 11 is 22.7. The molecule has 10 rings (SSSR count). The van der Waals surface area contributed by atoms with E-state index in [0.717, 1.165) is 36.8 Å². The first kappa shape index (κ1) is 54.8. The number of aryl methyl sites for hydroxylation is 4. The molecule has 4 atom stereocenters. The topological polar surface area (TPSA) is 237 Å². The van der Waals surface area contributed by atoms with E-state index in [1.165, 1.54) is 69.0 Å². The van der Waals surface area contributed by atoms with E-state index in [2.05, 4.69) is 125 Å². The zero-order chi connectivity index (χ0) is 54.0. The largest absolute Gasteiger partial charge is 0.350 e. The molecule has 2 aliphatic heterocycles. The summed E-state index contributed by atoms with van der Waals surface area (Å²) in [5, 5.41) is 12.2. The maximum atomic E-state index is 12.6. The zero-order valence-corrected chi connectivity index (χ0v) is 45.3. The van der Waals surface area contributed by atoms with Crippen molar-refractivity contribution >= 4 is 93.2 Å². The van der Waals surface area contributed by atoms with Gasteiger partial charge in [-0.05, 0) is 146 Å². The number of hydrazine groups is 2. The lowest BCUT2D eigenvalue weighted by molar-refractivity contribution is -0.128. The lowest BCUT2D eigenvalue weighted by Gasteiger charge is -2.24. The molecule has 6 heterocycles. The highest BCUT2D eigenvalue weighted by atomic mass is 35.5. The molecule has 0 saturated carbocycles. The molecule has 76 heavy (non-hydrogen) atoms. The number of likely N-dealkylation sites (N-methyl/N-ethyl adjacent to an activating group) is 2. The minimum atomic E-state index is -0.535. The number of likely N-dealkylation sites (tertiary alicyclic amines) is 2. The third-order valence-electron chi connectivity index (χ3n) is 13.8. The quantitative estimate of drug-likeness (QED) is 0.0344. The van der Waals surface area contributed by atoms with Crippen molar-refractivity contribution in [1.29, 1.82) is 0 Å². The van der Waals surface area contributed by atoms with Crippen LogP contribution >= 0.6 is 47.6 Å². The Morgan fingerprint density at radius 1 is 0.697 bits per heavy atom. The molecule has 2 saturated heterocycles. The van der Waals surface area contributed by atoms with Crippen LogP contribution in [0.3, 0.4) is 0 Å². The average Bonchev–Trinajstić information content (AvgIpc) is 3.77. The van der Waals surface area contributed by atoms with E-state index in [1.54, 1.807) is 23.9 Å². The van der Waals surface area contributed by atoms with Crippen molar-refractivity contribution in [2.45, 2.75) is 76.5 Å². The normalized spacial score (nSPS) is 17.9. The van der Waals surface area contributed by atoms with Crippen LogP contribution in [0.2, 0.25) is 10.0 Å². The van der Waals surface area contributed by atoms with Gasteiger partial charge in [0.25, 0.3) is 11.8 Å². The van der Waals surface area contributed by atoms with Gasteiger partial charge in [0.2, 0.25) is 11.8 Å². The number of nitrogens with zero attached hydrogens (tertiary/aromatic N) is 7. The van der Waals surface area contributed by atoms with Crippen LogP contribution < -0.4 is 38.1 Å². The molecule has 2 aromatic carbocycles. The second-order valence-corrected chi connectivity index (χ2v) is 20.0. The molecule has 2 fully saturated rings. The van der Waals surface area contributed by atoms with Crippen molar-refractivity contribution in [3.8, 4) is 0 Å². The molecule has 0 radical (unpaired) electrons. The Bertz CT molecular complexity index is 3250. The van der Waals surface area contributed by atoms with Crippen molar-refractivity contribution in [3.63, 3.8) is 0 Å². The summed E-state index contributed by atoms with van der Waals surface area (Å²) in [4.78, 5) is 72.7. The lowest BCUT2D eigenvalue weighted by Crippen LogP contribution is -2.41. The fraction of sp³-hybridized carbons (Fsp3) is 0.296. The number of carbonyl (C=O) groups is 4. The van der Waals surface area contributed by atoms with Crippen molar-refractivity contribution in [2.24, 2.45) is 10.8 Å². The number of hydrogen-bond acceptors (Lipinski definition) is 14. The van der Waals surface area contributed by atoms with E-state index in [1.807, 2.05) is 24.8 Å². The van der Waals surface area contributed by atoms with Gasteiger partial charge in [0, 0.05) is 75.5 Å². The molecule has 4 amide bonds. The number of anilines is 2.